The van der Waals surface area contributed by atoms with Gasteiger partial charge in [0.15, 0.2) is 17.5 Å². The van der Waals surface area contributed by atoms with E-state index in [1.165, 1.54) is 4.90 Å². The third kappa shape index (κ3) is 3.99. The molecule has 3 aromatic rings. The molecule has 2 atom stereocenters. The maximum absolute atomic E-state index is 13.5. The fraction of sp³-hybridized carbons (Fsp3) is 0.364. The Bertz CT molecular complexity index is 1220. The summed E-state index contributed by atoms with van der Waals surface area (Å²) in [4.78, 5) is 28.8. The number of hydrogen-bond donors (Lipinski definition) is 1. The number of halogens is 3. The molecule has 1 N–H and O–H groups in total. The van der Waals surface area contributed by atoms with Crippen molar-refractivity contribution in [2.45, 2.75) is 39.0 Å². The summed E-state index contributed by atoms with van der Waals surface area (Å²) in [6, 6.07) is 2.41. The smallest absolute Gasteiger partial charge is 0.314 e. The van der Waals surface area contributed by atoms with Gasteiger partial charge in [0.2, 0.25) is 5.91 Å². The average molecular weight is 473 g/mol. The van der Waals surface area contributed by atoms with Crippen molar-refractivity contribution in [3.8, 4) is 0 Å². The highest BCUT2D eigenvalue weighted by molar-refractivity contribution is 5.96. The molecular formula is C22H22F3N7O2. The minimum atomic E-state index is -1.60. The number of carbonyl (C=O) groups excluding carboxylic acids is 2. The number of rotatable bonds is 4. The summed E-state index contributed by atoms with van der Waals surface area (Å²) in [5, 5.41) is 11.0. The summed E-state index contributed by atoms with van der Waals surface area (Å²) in [7, 11) is 0. The van der Waals surface area contributed by atoms with Gasteiger partial charge in [0.05, 0.1) is 36.7 Å². The van der Waals surface area contributed by atoms with Gasteiger partial charge in [-0.15, -0.1) is 0 Å². The number of benzene rings is 1. The number of nitrogens with one attached hydrogen (secondary N) is 1. The molecule has 1 saturated heterocycles. The third-order valence-corrected chi connectivity index (χ3v) is 6.21. The van der Waals surface area contributed by atoms with Gasteiger partial charge in [-0.1, -0.05) is 0 Å². The fourth-order valence-corrected chi connectivity index (χ4v) is 4.52. The van der Waals surface area contributed by atoms with Gasteiger partial charge in [-0.2, -0.15) is 10.2 Å². The van der Waals surface area contributed by atoms with Gasteiger partial charge in [-0.3, -0.25) is 14.2 Å². The Morgan fingerprint density at radius 3 is 2.65 bits per heavy atom. The van der Waals surface area contributed by atoms with Crippen LogP contribution in [0.25, 0.3) is 0 Å². The maximum atomic E-state index is 13.5. The Labute approximate surface area is 192 Å². The van der Waals surface area contributed by atoms with Crippen LogP contribution in [0.15, 0.2) is 36.8 Å². The molecule has 2 aliphatic heterocycles. The molecule has 9 nitrogen and oxygen atoms in total. The van der Waals surface area contributed by atoms with Crippen molar-refractivity contribution < 1.29 is 22.8 Å². The van der Waals surface area contributed by atoms with Crippen LogP contribution in [0, 0.1) is 23.4 Å². The van der Waals surface area contributed by atoms with Crippen molar-refractivity contribution in [2.24, 2.45) is 5.92 Å². The molecule has 1 unspecified atom stereocenters. The second kappa shape index (κ2) is 8.50. The van der Waals surface area contributed by atoms with Crippen LogP contribution >= 0.6 is 0 Å². The summed E-state index contributed by atoms with van der Waals surface area (Å²) >= 11 is 0. The van der Waals surface area contributed by atoms with Gasteiger partial charge in [0.25, 0.3) is 0 Å². The van der Waals surface area contributed by atoms with Crippen LogP contribution in [-0.4, -0.2) is 49.0 Å². The zero-order valence-electron chi connectivity index (χ0n) is 18.3. The number of hydrogen-bond acceptors (Lipinski definition) is 4. The molecule has 1 fully saturated rings. The van der Waals surface area contributed by atoms with E-state index < -0.39 is 23.5 Å². The molecule has 0 spiro atoms. The zero-order chi connectivity index (χ0) is 24.0. The molecule has 178 valence electrons. The van der Waals surface area contributed by atoms with Crippen molar-refractivity contribution in [1.82, 2.24) is 24.5 Å². The van der Waals surface area contributed by atoms with E-state index in [2.05, 4.69) is 15.5 Å². The highest BCUT2D eigenvalue weighted by atomic mass is 19.2. The summed E-state index contributed by atoms with van der Waals surface area (Å²) in [6.07, 6.45) is 5.55. The van der Waals surface area contributed by atoms with Gasteiger partial charge in [-0.25, -0.2) is 18.0 Å². The van der Waals surface area contributed by atoms with Crippen LogP contribution in [-0.2, 0) is 24.4 Å². The lowest BCUT2D eigenvalue weighted by atomic mass is 10.1. The number of urea groups is 1. The second-order valence-electron chi connectivity index (χ2n) is 8.62. The van der Waals surface area contributed by atoms with Gasteiger partial charge >= 0.3 is 6.03 Å². The summed E-state index contributed by atoms with van der Waals surface area (Å²) in [5.74, 6) is -4.31. The lowest BCUT2D eigenvalue weighted by Gasteiger charge is -2.35. The summed E-state index contributed by atoms with van der Waals surface area (Å²) in [5.41, 5.74) is 1.14. The van der Waals surface area contributed by atoms with E-state index in [9.17, 15) is 22.8 Å². The summed E-state index contributed by atoms with van der Waals surface area (Å²) in [6.45, 7) is 3.47. The molecule has 5 rings (SSSR count). The van der Waals surface area contributed by atoms with Crippen LogP contribution in [0.5, 0.6) is 0 Å². The SMILES string of the molecule is C[C@H]1Cn2ncc(N3CC(Cn4cccn4)CC3=O)c2CN1C(=O)Nc1cc(F)c(F)c(F)c1. The number of carbonyl (C=O) groups is 2. The normalized spacial score (nSPS) is 20.1. The van der Waals surface area contributed by atoms with E-state index >= 15 is 0 Å². The van der Waals surface area contributed by atoms with Crippen LogP contribution in [0.1, 0.15) is 19.0 Å². The first kappa shape index (κ1) is 22.0. The monoisotopic (exact) mass is 473 g/mol. The Balaban J connectivity index is 1.33. The fourth-order valence-electron chi connectivity index (χ4n) is 4.52. The third-order valence-electron chi connectivity index (χ3n) is 6.21. The van der Waals surface area contributed by atoms with E-state index in [1.54, 1.807) is 26.7 Å². The van der Waals surface area contributed by atoms with Crippen LogP contribution in [0.3, 0.4) is 0 Å². The molecule has 2 aliphatic rings. The minimum absolute atomic E-state index is 0.0279. The zero-order valence-corrected chi connectivity index (χ0v) is 18.3. The first-order valence-electron chi connectivity index (χ1n) is 10.8. The second-order valence-corrected chi connectivity index (χ2v) is 8.62. The van der Waals surface area contributed by atoms with Gasteiger partial charge < -0.3 is 15.1 Å². The van der Waals surface area contributed by atoms with Crippen LogP contribution in [0.2, 0.25) is 0 Å². The molecule has 4 heterocycles. The predicted molar refractivity (Wildman–Crippen MR) is 115 cm³/mol. The minimum Gasteiger partial charge on any atom is -0.314 e. The first-order chi connectivity index (χ1) is 16.3. The van der Waals surface area contributed by atoms with E-state index in [4.69, 9.17) is 0 Å². The van der Waals surface area contributed by atoms with E-state index in [-0.39, 0.29) is 30.1 Å². The highest BCUT2D eigenvalue weighted by Crippen LogP contribution is 2.32. The van der Waals surface area contributed by atoms with Crippen molar-refractivity contribution >= 4 is 23.3 Å². The van der Waals surface area contributed by atoms with Gasteiger partial charge in [-0.05, 0) is 13.0 Å². The Hall–Kier alpha value is -3.83. The molecular weight excluding hydrogens is 451 g/mol. The number of nitrogens with zero attached hydrogens (tertiary/aromatic N) is 6. The van der Waals surface area contributed by atoms with E-state index in [0.717, 1.165) is 12.1 Å². The Morgan fingerprint density at radius 2 is 1.94 bits per heavy atom. The number of fused-ring (bicyclic) bond motifs is 1. The topological polar surface area (TPSA) is 88.3 Å². The average Bonchev–Trinajstić information content (AvgIpc) is 3.51. The van der Waals surface area contributed by atoms with Crippen molar-refractivity contribution in [3.05, 3.63) is 59.9 Å². The van der Waals surface area contributed by atoms with Crippen LogP contribution in [0.4, 0.5) is 29.3 Å². The summed E-state index contributed by atoms with van der Waals surface area (Å²) < 4.78 is 43.9. The molecule has 0 aliphatic carbocycles. The van der Waals surface area contributed by atoms with Gasteiger partial charge in [0.1, 0.15) is 0 Å². The number of amides is 3. The standard InChI is InChI=1S/C22H22F3N7O2/c1-13-9-32-19(12-30(13)22(34)28-15-6-16(23)21(25)17(24)7-15)18(8-27-32)31-11-14(5-20(31)33)10-29-4-2-3-26-29/h2-4,6-8,13-14H,5,9-12H2,1H3,(H,28,34)/t13-,14?/m0/s1. The molecule has 0 bridgehead atoms. The van der Waals surface area contributed by atoms with E-state index in [0.29, 0.717) is 37.4 Å². The molecule has 0 radical (unpaired) electrons. The molecule has 2 aromatic heterocycles. The molecule has 0 saturated carbocycles. The van der Waals surface area contributed by atoms with Crippen molar-refractivity contribution in [2.75, 3.05) is 16.8 Å². The van der Waals surface area contributed by atoms with Crippen molar-refractivity contribution in [1.29, 1.82) is 0 Å². The lowest BCUT2D eigenvalue weighted by Crippen LogP contribution is -2.47. The Morgan fingerprint density at radius 1 is 1.18 bits per heavy atom. The highest BCUT2D eigenvalue weighted by Gasteiger charge is 2.36. The number of anilines is 2. The largest absolute Gasteiger partial charge is 0.322 e. The first-order valence-corrected chi connectivity index (χ1v) is 10.8. The molecule has 34 heavy (non-hydrogen) atoms. The van der Waals surface area contributed by atoms with Gasteiger partial charge in [0, 0.05) is 55.6 Å². The molecule has 3 amide bonds. The lowest BCUT2D eigenvalue weighted by molar-refractivity contribution is -0.117. The van der Waals surface area contributed by atoms with Crippen molar-refractivity contribution in [3.63, 3.8) is 0 Å². The predicted octanol–water partition coefficient (Wildman–Crippen LogP) is 2.99. The van der Waals surface area contributed by atoms with Crippen LogP contribution < -0.4 is 10.2 Å². The van der Waals surface area contributed by atoms with E-state index in [1.807, 2.05) is 19.2 Å². The maximum Gasteiger partial charge on any atom is 0.322 e. The number of aromatic nitrogens is 4. The molecule has 12 heteroatoms. The quantitative estimate of drug-likeness (QED) is 0.591. The molecule has 1 aromatic carbocycles. The Kier molecular flexibility index (Phi) is 5.50.